The van der Waals surface area contributed by atoms with Gasteiger partial charge in [0, 0.05) is 12.1 Å². The Hall–Kier alpha value is -1.27. The van der Waals surface area contributed by atoms with Crippen LogP contribution >= 0.6 is 0 Å². The van der Waals surface area contributed by atoms with Gasteiger partial charge in [-0.1, -0.05) is 6.92 Å². The second-order valence-electron chi connectivity index (χ2n) is 4.50. The average molecular weight is 301 g/mol. The van der Waals surface area contributed by atoms with E-state index in [-0.39, 0.29) is 18.1 Å². The standard InChI is InChI=1S/C14H23NO4S/c1-4-8-20(16,17)9-7-19-14-6-5-13(18-3)10-12(14)11-15-2/h5-6,10,15H,4,7-9,11H2,1-3H3. The molecule has 1 aromatic rings. The molecule has 0 radical (unpaired) electrons. The van der Waals surface area contributed by atoms with Gasteiger partial charge in [-0.15, -0.1) is 0 Å². The van der Waals surface area contributed by atoms with Crippen LogP contribution in [-0.2, 0) is 16.4 Å². The smallest absolute Gasteiger partial charge is 0.153 e. The minimum atomic E-state index is -3.01. The molecule has 6 heteroatoms. The van der Waals surface area contributed by atoms with Crippen molar-refractivity contribution in [2.45, 2.75) is 19.9 Å². The molecule has 0 amide bonds. The lowest BCUT2D eigenvalue weighted by Crippen LogP contribution is -2.17. The van der Waals surface area contributed by atoms with Crippen molar-refractivity contribution in [3.63, 3.8) is 0 Å². The van der Waals surface area contributed by atoms with Crippen LogP contribution in [-0.4, -0.2) is 40.7 Å². The molecule has 0 saturated carbocycles. The molecule has 1 N–H and O–H groups in total. The van der Waals surface area contributed by atoms with Crippen LogP contribution in [0.4, 0.5) is 0 Å². The molecule has 0 heterocycles. The maximum Gasteiger partial charge on any atom is 0.153 e. The van der Waals surface area contributed by atoms with E-state index in [1.165, 1.54) is 0 Å². The van der Waals surface area contributed by atoms with Crippen LogP contribution < -0.4 is 14.8 Å². The highest BCUT2D eigenvalue weighted by Crippen LogP contribution is 2.24. The maximum absolute atomic E-state index is 11.6. The highest BCUT2D eigenvalue weighted by Gasteiger charge is 2.11. The Balaban J connectivity index is 2.67. The molecule has 0 unspecified atom stereocenters. The first-order chi connectivity index (χ1) is 9.52. The van der Waals surface area contributed by atoms with E-state index in [9.17, 15) is 8.42 Å². The van der Waals surface area contributed by atoms with E-state index < -0.39 is 9.84 Å². The van der Waals surface area contributed by atoms with Gasteiger partial charge in [-0.25, -0.2) is 8.42 Å². The van der Waals surface area contributed by atoms with Crippen LogP contribution in [0.1, 0.15) is 18.9 Å². The molecule has 114 valence electrons. The molecule has 0 bridgehead atoms. The van der Waals surface area contributed by atoms with Crippen molar-refractivity contribution in [3.8, 4) is 11.5 Å². The Kier molecular flexibility index (Phi) is 6.81. The average Bonchev–Trinajstić information content (AvgIpc) is 2.40. The van der Waals surface area contributed by atoms with E-state index in [0.29, 0.717) is 18.7 Å². The van der Waals surface area contributed by atoms with Crippen LogP contribution in [0, 0.1) is 0 Å². The molecule has 0 fully saturated rings. The zero-order valence-corrected chi connectivity index (χ0v) is 13.1. The zero-order valence-electron chi connectivity index (χ0n) is 12.3. The zero-order chi connectivity index (χ0) is 15.0. The van der Waals surface area contributed by atoms with Gasteiger partial charge in [0.25, 0.3) is 0 Å². The molecule has 0 aliphatic rings. The highest BCUT2D eigenvalue weighted by molar-refractivity contribution is 7.91. The SMILES string of the molecule is CCCS(=O)(=O)CCOc1ccc(OC)cc1CNC. The Morgan fingerprint density at radius 3 is 2.60 bits per heavy atom. The second kappa shape index (κ2) is 8.11. The third kappa shape index (κ3) is 5.38. The third-order valence-corrected chi connectivity index (χ3v) is 4.62. The van der Waals surface area contributed by atoms with E-state index in [4.69, 9.17) is 9.47 Å². The number of ether oxygens (including phenoxy) is 2. The molecule has 0 aliphatic heterocycles. The van der Waals surface area contributed by atoms with Crippen LogP contribution in [0.25, 0.3) is 0 Å². The molecular formula is C14H23NO4S. The number of rotatable bonds is 9. The minimum Gasteiger partial charge on any atom is -0.497 e. The van der Waals surface area contributed by atoms with Crippen LogP contribution in [0.5, 0.6) is 11.5 Å². The molecule has 0 aromatic heterocycles. The van der Waals surface area contributed by atoms with E-state index in [0.717, 1.165) is 11.3 Å². The summed E-state index contributed by atoms with van der Waals surface area (Å²) >= 11 is 0. The molecule has 1 aromatic carbocycles. The Morgan fingerprint density at radius 1 is 1.25 bits per heavy atom. The normalized spacial score (nSPS) is 11.3. The van der Waals surface area contributed by atoms with Gasteiger partial charge in [-0.05, 0) is 31.7 Å². The van der Waals surface area contributed by atoms with Crippen molar-refractivity contribution in [2.24, 2.45) is 0 Å². The molecule has 20 heavy (non-hydrogen) atoms. The first kappa shape index (κ1) is 16.8. The summed E-state index contributed by atoms with van der Waals surface area (Å²) in [4.78, 5) is 0. The fraction of sp³-hybridized carbons (Fsp3) is 0.571. The monoisotopic (exact) mass is 301 g/mol. The maximum atomic E-state index is 11.6. The number of sulfone groups is 1. The molecule has 5 nitrogen and oxygen atoms in total. The fourth-order valence-electron chi connectivity index (χ4n) is 1.84. The first-order valence-corrected chi connectivity index (χ1v) is 8.49. The van der Waals surface area contributed by atoms with Crippen molar-refractivity contribution in [2.75, 3.05) is 32.3 Å². The summed E-state index contributed by atoms with van der Waals surface area (Å²) in [5, 5.41) is 3.05. The summed E-state index contributed by atoms with van der Waals surface area (Å²) in [5.74, 6) is 1.70. The summed E-state index contributed by atoms with van der Waals surface area (Å²) in [6.45, 7) is 2.66. The molecule has 1 rings (SSSR count). The first-order valence-electron chi connectivity index (χ1n) is 6.67. The summed E-state index contributed by atoms with van der Waals surface area (Å²) in [6, 6.07) is 5.49. The molecule has 0 atom stereocenters. The second-order valence-corrected chi connectivity index (χ2v) is 6.81. The molecule has 0 aliphatic carbocycles. The van der Waals surface area contributed by atoms with Gasteiger partial charge < -0.3 is 14.8 Å². The highest BCUT2D eigenvalue weighted by atomic mass is 32.2. The van der Waals surface area contributed by atoms with Crippen molar-refractivity contribution >= 4 is 9.84 Å². The van der Waals surface area contributed by atoms with Crippen molar-refractivity contribution in [3.05, 3.63) is 23.8 Å². The lowest BCUT2D eigenvalue weighted by Gasteiger charge is -2.13. The minimum absolute atomic E-state index is 0.0475. The van der Waals surface area contributed by atoms with Crippen LogP contribution in [0.3, 0.4) is 0 Å². The number of nitrogens with one attached hydrogen (secondary N) is 1. The number of hydrogen-bond donors (Lipinski definition) is 1. The van der Waals surface area contributed by atoms with E-state index in [2.05, 4.69) is 5.32 Å². The molecule has 0 saturated heterocycles. The van der Waals surface area contributed by atoms with Crippen molar-refractivity contribution < 1.29 is 17.9 Å². The van der Waals surface area contributed by atoms with Gasteiger partial charge >= 0.3 is 0 Å². The Bertz CT molecular complexity index is 514. The van der Waals surface area contributed by atoms with Crippen molar-refractivity contribution in [1.29, 1.82) is 0 Å². The largest absolute Gasteiger partial charge is 0.497 e. The Labute approximate surface area is 121 Å². The molecule has 0 spiro atoms. The predicted molar refractivity (Wildman–Crippen MR) is 80.2 cm³/mol. The summed E-state index contributed by atoms with van der Waals surface area (Å²) in [5.41, 5.74) is 0.944. The number of hydrogen-bond acceptors (Lipinski definition) is 5. The van der Waals surface area contributed by atoms with Crippen molar-refractivity contribution in [1.82, 2.24) is 5.32 Å². The number of methoxy groups -OCH3 is 1. The van der Waals surface area contributed by atoms with E-state index in [1.54, 1.807) is 19.2 Å². The Morgan fingerprint density at radius 2 is 2.00 bits per heavy atom. The summed E-state index contributed by atoms with van der Waals surface area (Å²) in [7, 11) is 0.445. The van der Waals surface area contributed by atoms with Gasteiger partial charge in [-0.2, -0.15) is 0 Å². The topological polar surface area (TPSA) is 64.6 Å². The fourth-order valence-corrected chi connectivity index (χ4v) is 3.01. The molecular weight excluding hydrogens is 278 g/mol. The third-order valence-electron chi connectivity index (χ3n) is 2.80. The predicted octanol–water partition coefficient (Wildman–Crippen LogP) is 1.62. The van der Waals surface area contributed by atoms with E-state index in [1.807, 2.05) is 20.0 Å². The summed E-state index contributed by atoms with van der Waals surface area (Å²) in [6.07, 6.45) is 0.635. The lowest BCUT2D eigenvalue weighted by molar-refractivity contribution is 0.335. The van der Waals surface area contributed by atoms with Gasteiger partial charge in [0.2, 0.25) is 0 Å². The van der Waals surface area contributed by atoms with Gasteiger partial charge in [0.15, 0.2) is 9.84 Å². The summed E-state index contributed by atoms with van der Waals surface area (Å²) < 4.78 is 34.0. The number of benzene rings is 1. The van der Waals surface area contributed by atoms with Gasteiger partial charge in [0.05, 0.1) is 18.6 Å². The van der Waals surface area contributed by atoms with Crippen LogP contribution in [0.15, 0.2) is 18.2 Å². The van der Waals surface area contributed by atoms with Gasteiger partial charge in [0.1, 0.15) is 18.1 Å². The quantitative estimate of drug-likeness (QED) is 0.751. The van der Waals surface area contributed by atoms with Crippen LogP contribution in [0.2, 0.25) is 0 Å². The van der Waals surface area contributed by atoms with Gasteiger partial charge in [-0.3, -0.25) is 0 Å². The lowest BCUT2D eigenvalue weighted by atomic mass is 10.2. The van der Waals surface area contributed by atoms with E-state index >= 15 is 0 Å².